The molecular formula is C25H27FN2O5S. The van der Waals surface area contributed by atoms with Crippen molar-refractivity contribution in [3.8, 4) is 11.5 Å². The van der Waals surface area contributed by atoms with Gasteiger partial charge in [-0.15, -0.1) is 0 Å². The molecule has 0 spiro atoms. The molecule has 0 amide bonds. The van der Waals surface area contributed by atoms with Gasteiger partial charge in [0.15, 0.2) is 11.6 Å². The first-order valence-electron chi connectivity index (χ1n) is 11.0. The normalized spacial score (nSPS) is 13.7. The number of thiophene rings is 1. The van der Waals surface area contributed by atoms with E-state index < -0.39 is 11.8 Å². The van der Waals surface area contributed by atoms with E-state index in [0.29, 0.717) is 56.9 Å². The number of aromatic nitrogens is 1. The summed E-state index contributed by atoms with van der Waals surface area (Å²) < 4.78 is 31.4. The summed E-state index contributed by atoms with van der Waals surface area (Å²) in [6.07, 6.45) is 1.15. The monoisotopic (exact) mass is 486 g/mol. The van der Waals surface area contributed by atoms with Crippen LogP contribution in [-0.2, 0) is 30.7 Å². The Kier molecular flexibility index (Phi) is 7.64. The van der Waals surface area contributed by atoms with Crippen LogP contribution in [0.2, 0.25) is 0 Å². The number of hydrogen-bond acceptors (Lipinski definition) is 7. The molecular weight excluding hydrogens is 459 g/mol. The predicted octanol–water partition coefficient (Wildman–Crippen LogP) is 3.52. The van der Waals surface area contributed by atoms with Gasteiger partial charge in [0.2, 0.25) is 0 Å². The van der Waals surface area contributed by atoms with Gasteiger partial charge in [0.25, 0.3) is 5.56 Å². The maximum absolute atomic E-state index is 13.8. The Bertz CT molecular complexity index is 1210. The summed E-state index contributed by atoms with van der Waals surface area (Å²) >= 11 is 1.61. The summed E-state index contributed by atoms with van der Waals surface area (Å²) in [5, 5.41) is 4.04. The third-order valence-corrected chi connectivity index (χ3v) is 6.66. The third-order valence-electron chi connectivity index (χ3n) is 5.93. The third kappa shape index (κ3) is 5.31. The van der Waals surface area contributed by atoms with Crippen LogP contribution < -0.4 is 15.0 Å². The van der Waals surface area contributed by atoms with Crippen LogP contribution in [0.1, 0.15) is 27.2 Å². The molecule has 0 radical (unpaired) electrons. The lowest BCUT2D eigenvalue weighted by atomic mass is 10.1. The second-order valence-corrected chi connectivity index (χ2v) is 8.82. The lowest BCUT2D eigenvalue weighted by Gasteiger charge is -2.19. The number of ether oxygens (including phenoxy) is 3. The number of methoxy groups -OCH3 is 2. The van der Waals surface area contributed by atoms with Gasteiger partial charge in [-0.25, -0.2) is 9.18 Å². The molecule has 0 fully saturated rings. The number of halogens is 1. The van der Waals surface area contributed by atoms with Crippen molar-refractivity contribution in [2.75, 3.05) is 33.9 Å². The van der Waals surface area contributed by atoms with E-state index in [4.69, 9.17) is 14.2 Å². The van der Waals surface area contributed by atoms with Crippen LogP contribution in [0.15, 0.2) is 45.9 Å². The van der Waals surface area contributed by atoms with Crippen molar-refractivity contribution in [2.45, 2.75) is 25.9 Å². The molecule has 34 heavy (non-hydrogen) atoms. The molecule has 3 heterocycles. The van der Waals surface area contributed by atoms with Gasteiger partial charge in [-0.05, 0) is 40.1 Å². The largest absolute Gasteiger partial charge is 0.494 e. The number of nitrogens with zero attached hydrogens (tertiary/aromatic N) is 2. The smallest absolute Gasteiger partial charge is 0.343 e. The van der Waals surface area contributed by atoms with Crippen molar-refractivity contribution in [3.05, 3.63) is 79.6 Å². The highest BCUT2D eigenvalue weighted by atomic mass is 32.1. The average Bonchev–Trinajstić information content (AvgIpc) is 3.27. The highest BCUT2D eigenvalue weighted by molar-refractivity contribution is 7.07. The van der Waals surface area contributed by atoms with Crippen molar-refractivity contribution in [1.29, 1.82) is 0 Å². The van der Waals surface area contributed by atoms with Crippen LogP contribution in [0.25, 0.3) is 0 Å². The zero-order valence-corrected chi connectivity index (χ0v) is 20.0. The first kappa shape index (κ1) is 24.0. The molecule has 1 aliphatic rings. The minimum Gasteiger partial charge on any atom is -0.494 e. The predicted molar refractivity (Wildman–Crippen MR) is 127 cm³/mol. The molecule has 2 aromatic heterocycles. The van der Waals surface area contributed by atoms with Crippen LogP contribution in [0.3, 0.4) is 0 Å². The average molecular weight is 487 g/mol. The zero-order chi connectivity index (χ0) is 24.1. The van der Waals surface area contributed by atoms with E-state index in [0.717, 1.165) is 11.1 Å². The first-order valence-corrected chi connectivity index (χ1v) is 12.0. The molecule has 0 unspecified atom stereocenters. The number of rotatable bonds is 8. The van der Waals surface area contributed by atoms with Gasteiger partial charge in [0.05, 0.1) is 20.8 Å². The number of pyridine rings is 1. The number of fused-ring (bicyclic) bond motifs is 1. The number of hydrogen-bond donors (Lipinski definition) is 0. The lowest BCUT2D eigenvalue weighted by molar-refractivity contribution is 0.0593. The van der Waals surface area contributed by atoms with Gasteiger partial charge in [0.1, 0.15) is 11.3 Å². The quantitative estimate of drug-likeness (QED) is 0.454. The Morgan fingerprint density at radius 2 is 1.94 bits per heavy atom. The number of carbonyl (C=O) groups is 1. The topological polar surface area (TPSA) is 70.0 Å². The molecule has 3 aromatic rings. The van der Waals surface area contributed by atoms with Gasteiger partial charge in [0, 0.05) is 50.8 Å². The van der Waals surface area contributed by atoms with Crippen LogP contribution in [0.5, 0.6) is 11.5 Å². The van der Waals surface area contributed by atoms with Crippen LogP contribution in [0, 0.1) is 5.82 Å². The van der Waals surface area contributed by atoms with Crippen molar-refractivity contribution in [3.63, 3.8) is 0 Å². The molecule has 7 nitrogen and oxygen atoms in total. The molecule has 0 saturated heterocycles. The molecule has 1 aromatic carbocycles. The zero-order valence-electron chi connectivity index (χ0n) is 19.2. The fourth-order valence-electron chi connectivity index (χ4n) is 4.16. The molecule has 180 valence electrons. The molecule has 0 bridgehead atoms. The summed E-state index contributed by atoms with van der Waals surface area (Å²) in [4.78, 5) is 27.8. The summed E-state index contributed by atoms with van der Waals surface area (Å²) in [5.74, 6) is -0.472. The van der Waals surface area contributed by atoms with Gasteiger partial charge < -0.3 is 18.8 Å². The van der Waals surface area contributed by atoms with Gasteiger partial charge >= 0.3 is 5.97 Å². The van der Waals surface area contributed by atoms with E-state index in [-0.39, 0.29) is 17.1 Å². The minimum atomic E-state index is -0.522. The molecule has 1 aliphatic heterocycles. The molecule has 0 atom stereocenters. The maximum atomic E-state index is 13.8. The van der Waals surface area contributed by atoms with Gasteiger partial charge in [-0.3, -0.25) is 9.69 Å². The van der Waals surface area contributed by atoms with Crippen molar-refractivity contribution >= 4 is 17.3 Å². The summed E-state index contributed by atoms with van der Waals surface area (Å²) in [5.41, 5.74) is 2.76. The first-order chi connectivity index (χ1) is 16.5. The molecule has 4 rings (SSSR count). The number of benzene rings is 1. The second kappa shape index (κ2) is 10.8. The number of esters is 1. The highest BCUT2D eigenvalue weighted by Crippen LogP contribution is 2.25. The Balaban J connectivity index is 1.55. The van der Waals surface area contributed by atoms with E-state index in [1.165, 1.54) is 26.4 Å². The Labute approximate surface area is 201 Å². The van der Waals surface area contributed by atoms with E-state index >= 15 is 0 Å². The molecule has 9 heteroatoms. The number of carbonyl (C=O) groups excluding carboxylic acids is 1. The summed E-state index contributed by atoms with van der Waals surface area (Å²) in [6, 6.07) is 8.19. The lowest BCUT2D eigenvalue weighted by Crippen LogP contribution is -2.29. The SMILES string of the molecule is COC(=O)c1c(OCCc2ccsc2)cc(=O)n2c1CCN(Cc1ccc(F)c(OC)c1)CC2. The van der Waals surface area contributed by atoms with Crippen molar-refractivity contribution < 1.29 is 23.4 Å². The Morgan fingerprint density at radius 3 is 2.68 bits per heavy atom. The fourth-order valence-corrected chi connectivity index (χ4v) is 4.86. The standard InChI is InChI=1S/C25H27FN2O5S/c1-31-21-13-18(3-4-19(21)26)15-27-8-5-20-24(25(30)32-2)22(14-23(29)28(20)10-9-27)33-11-6-17-7-12-34-16-17/h3-4,7,12-14,16H,5-6,8-11,15H2,1-2H3. The Morgan fingerprint density at radius 1 is 1.09 bits per heavy atom. The van der Waals surface area contributed by atoms with Gasteiger partial charge in [-0.2, -0.15) is 11.3 Å². The van der Waals surface area contributed by atoms with Gasteiger partial charge in [-0.1, -0.05) is 6.07 Å². The van der Waals surface area contributed by atoms with Crippen molar-refractivity contribution in [2.24, 2.45) is 0 Å². The van der Waals surface area contributed by atoms with Crippen LogP contribution in [0.4, 0.5) is 4.39 Å². The fraction of sp³-hybridized carbons (Fsp3) is 0.360. The molecule has 0 saturated carbocycles. The maximum Gasteiger partial charge on any atom is 0.343 e. The Hall–Kier alpha value is -3.17. The van der Waals surface area contributed by atoms with E-state index in [2.05, 4.69) is 4.90 Å². The van der Waals surface area contributed by atoms with E-state index in [1.807, 2.05) is 16.8 Å². The summed E-state index contributed by atoms with van der Waals surface area (Å²) in [7, 11) is 2.76. The van der Waals surface area contributed by atoms with Crippen LogP contribution in [-0.4, -0.2) is 49.4 Å². The second-order valence-electron chi connectivity index (χ2n) is 8.04. The van der Waals surface area contributed by atoms with Crippen LogP contribution >= 0.6 is 11.3 Å². The van der Waals surface area contributed by atoms with E-state index in [1.54, 1.807) is 28.0 Å². The highest BCUT2D eigenvalue weighted by Gasteiger charge is 2.26. The minimum absolute atomic E-state index is 0.198. The molecule has 0 N–H and O–H groups in total. The van der Waals surface area contributed by atoms with Crippen molar-refractivity contribution in [1.82, 2.24) is 9.47 Å². The summed E-state index contributed by atoms with van der Waals surface area (Å²) in [6.45, 7) is 2.55. The molecule has 0 aliphatic carbocycles. The van der Waals surface area contributed by atoms with E-state index in [9.17, 15) is 14.0 Å².